The molecule has 2 saturated heterocycles. The summed E-state index contributed by atoms with van der Waals surface area (Å²) in [5, 5.41) is 7.62. The van der Waals surface area contributed by atoms with Gasteiger partial charge in [-0.15, -0.1) is 0 Å². The molecule has 2 aliphatic rings. The third-order valence-corrected chi connectivity index (χ3v) is 6.17. The van der Waals surface area contributed by atoms with Crippen molar-refractivity contribution in [2.24, 2.45) is 0 Å². The van der Waals surface area contributed by atoms with E-state index in [0.29, 0.717) is 18.4 Å². The Morgan fingerprint density at radius 3 is 2.32 bits per heavy atom. The van der Waals surface area contributed by atoms with E-state index in [4.69, 9.17) is 4.74 Å². The highest BCUT2D eigenvalue weighted by Gasteiger charge is 2.37. The van der Waals surface area contributed by atoms with Crippen LogP contribution in [0.25, 0.3) is 0 Å². The van der Waals surface area contributed by atoms with Crippen LogP contribution in [0.15, 0.2) is 23.4 Å². The highest BCUT2D eigenvalue weighted by molar-refractivity contribution is 5.78. The molecular formula is C23H30F5N7O3. The van der Waals surface area contributed by atoms with Crippen LogP contribution in [0.5, 0.6) is 0 Å². The van der Waals surface area contributed by atoms with Gasteiger partial charge in [-0.25, -0.2) is 23.8 Å². The Bertz CT molecular complexity index is 1110. The number of H-pyrrole nitrogens is 1. The number of alkyl halides is 5. The second-order valence-electron chi connectivity index (χ2n) is 9.01. The summed E-state index contributed by atoms with van der Waals surface area (Å²) in [4.78, 5) is 34.9. The fourth-order valence-electron chi connectivity index (χ4n) is 4.39. The zero-order chi connectivity index (χ0) is 27.9. The van der Waals surface area contributed by atoms with Crippen molar-refractivity contribution >= 4 is 17.5 Å². The second-order valence-corrected chi connectivity index (χ2v) is 9.01. The number of nitrogens with zero attached hydrogens (tertiary/aromatic N) is 5. The van der Waals surface area contributed by atoms with Crippen molar-refractivity contribution in [1.29, 1.82) is 0 Å². The van der Waals surface area contributed by atoms with Crippen LogP contribution < -0.4 is 15.8 Å². The Morgan fingerprint density at radius 1 is 1.13 bits per heavy atom. The zero-order valence-corrected chi connectivity index (χ0v) is 21.0. The van der Waals surface area contributed by atoms with Gasteiger partial charge >= 0.3 is 6.18 Å². The summed E-state index contributed by atoms with van der Waals surface area (Å²) in [6.07, 6.45) is -0.590. The van der Waals surface area contributed by atoms with E-state index in [1.807, 2.05) is 9.80 Å². The Balaban J connectivity index is 0.000000216. The highest BCUT2D eigenvalue weighted by Crippen LogP contribution is 2.31. The summed E-state index contributed by atoms with van der Waals surface area (Å²) in [7, 11) is 1.43. The lowest BCUT2D eigenvalue weighted by Crippen LogP contribution is -2.45. The minimum atomic E-state index is -4.73. The van der Waals surface area contributed by atoms with Crippen molar-refractivity contribution in [3.63, 3.8) is 0 Å². The summed E-state index contributed by atoms with van der Waals surface area (Å²) in [5.74, 6) is 0.747. The van der Waals surface area contributed by atoms with Crippen LogP contribution in [0.3, 0.4) is 0 Å². The summed E-state index contributed by atoms with van der Waals surface area (Å²) in [6.45, 7) is 4.21. The van der Waals surface area contributed by atoms with E-state index in [0.717, 1.165) is 45.1 Å². The SMILES string of the molecule is COC[C@H](C)Nc1cn[nH]c(=O)c1C(F)(F)F.O=C1CCCN1C1CCN(c2ncc(C(F)F)cn2)CC1. The number of rotatable bonds is 7. The normalized spacial score (nSPS) is 17.4. The number of piperidine rings is 1. The van der Waals surface area contributed by atoms with Crippen molar-refractivity contribution in [3.05, 3.63) is 40.1 Å². The van der Waals surface area contributed by atoms with Gasteiger partial charge in [-0.2, -0.15) is 18.3 Å². The summed E-state index contributed by atoms with van der Waals surface area (Å²) in [5.41, 5.74) is -3.07. The summed E-state index contributed by atoms with van der Waals surface area (Å²) < 4.78 is 67.6. The van der Waals surface area contributed by atoms with Gasteiger partial charge in [0.15, 0.2) is 0 Å². The standard InChI is InChI=1S/C14H18F2N4O.C9H12F3N3O2/c15-13(16)10-8-17-14(18-9-10)19-6-3-11(4-7-19)20-5-1-2-12(20)21;1-5(4-17-2)14-6-3-13-15-8(16)7(6)9(10,11)12/h8-9,11,13H,1-7H2;3,5H,4H2,1-2H3,(H2,14,15,16)/t;5-/m.0/s1. The molecule has 4 heterocycles. The lowest BCUT2D eigenvalue weighted by Gasteiger charge is -2.36. The first-order chi connectivity index (χ1) is 18.0. The largest absolute Gasteiger partial charge is 0.423 e. The van der Waals surface area contributed by atoms with Crippen LogP contribution in [-0.4, -0.2) is 76.4 Å². The predicted molar refractivity (Wildman–Crippen MR) is 128 cm³/mol. The van der Waals surface area contributed by atoms with Gasteiger partial charge in [0.2, 0.25) is 11.9 Å². The van der Waals surface area contributed by atoms with Gasteiger partial charge in [0, 0.05) is 57.6 Å². The molecule has 2 aliphatic heterocycles. The molecule has 0 spiro atoms. The zero-order valence-electron chi connectivity index (χ0n) is 21.0. The molecule has 2 fully saturated rings. The maximum atomic E-state index is 12.6. The Kier molecular flexibility index (Phi) is 9.94. The average molecular weight is 548 g/mol. The molecule has 0 saturated carbocycles. The molecule has 15 heteroatoms. The van der Waals surface area contributed by atoms with E-state index in [-0.39, 0.29) is 29.8 Å². The molecular weight excluding hydrogens is 517 g/mol. The number of aromatic nitrogens is 4. The first kappa shape index (κ1) is 29.2. The lowest BCUT2D eigenvalue weighted by atomic mass is 10.0. The molecule has 0 aromatic carbocycles. The van der Waals surface area contributed by atoms with Gasteiger partial charge in [0.25, 0.3) is 12.0 Å². The second kappa shape index (κ2) is 12.9. The highest BCUT2D eigenvalue weighted by atomic mass is 19.4. The van der Waals surface area contributed by atoms with Crippen LogP contribution in [0.2, 0.25) is 0 Å². The monoisotopic (exact) mass is 547 g/mol. The minimum Gasteiger partial charge on any atom is -0.383 e. The van der Waals surface area contributed by atoms with Crippen LogP contribution in [0.1, 0.15) is 50.2 Å². The fourth-order valence-corrected chi connectivity index (χ4v) is 4.39. The number of carbonyl (C=O) groups is 1. The van der Waals surface area contributed by atoms with Crippen molar-refractivity contribution in [2.75, 3.05) is 43.6 Å². The van der Waals surface area contributed by atoms with Gasteiger partial charge in [-0.05, 0) is 26.2 Å². The third-order valence-electron chi connectivity index (χ3n) is 6.17. The van der Waals surface area contributed by atoms with Crippen LogP contribution >= 0.6 is 0 Å². The molecule has 10 nitrogen and oxygen atoms in total. The number of aromatic amines is 1. The van der Waals surface area contributed by atoms with Crippen LogP contribution in [0.4, 0.5) is 33.6 Å². The van der Waals surface area contributed by atoms with Gasteiger partial charge in [-0.1, -0.05) is 0 Å². The Hall–Kier alpha value is -3.36. The third kappa shape index (κ3) is 7.58. The molecule has 210 valence electrons. The maximum Gasteiger partial charge on any atom is 0.423 e. The number of methoxy groups -OCH3 is 1. The first-order valence-corrected chi connectivity index (χ1v) is 12.1. The van der Waals surface area contributed by atoms with E-state index >= 15 is 0 Å². The lowest BCUT2D eigenvalue weighted by molar-refractivity contribution is -0.138. The van der Waals surface area contributed by atoms with Crippen LogP contribution in [0, 0.1) is 0 Å². The smallest absolute Gasteiger partial charge is 0.383 e. The van der Waals surface area contributed by atoms with E-state index in [1.165, 1.54) is 19.5 Å². The summed E-state index contributed by atoms with van der Waals surface area (Å²) in [6, 6.07) is -0.0683. The fraction of sp³-hybridized carbons (Fsp3) is 0.609. The number of hydrogen-bond donors (Lipinski definition) is 2. The average Bonchev–Trinajstić information content (AvgIpc) is 3.30. The van der Waals surface area contributed by atoms with Gasteiger partial charge in [0.1, 0.15) is 5.56 Å². The quantitative estimate of drug-likeness (QED) is 0.508. The first-order valence-electron chi connectivity index (χ1n) is 12.1. The van der Waals surface area contributed by atoms with E-state index < -0.39 is 23.7 Å². The molecule has 2 aromatic heterocycles. The molecule has 1 amide bonds. The Morgan fingerprint density at radius 2 is 1.79 bits per heavy atom. The number of carbonyl (C=O) groups excluding carboxylic acids is 1. The number of halogens is 5. The number of likely N-dealkylation sites (tertiary alicyclic amines) is 1. The topological polar surface area (TPSA) is 116 Å². The van der Waals surface area contributed by atoms with E-state index in [2.05, 4.69) is 20.4 Å². The molecule has 2 N–H and O–H groups in total. The molecule has 38 heavy (non-hydrogen) atoms. The summed E-state index contributed by atoms with van der Waals surface area (Å²) >= 11 is 0. The number of amides is 1. The molecule has 1 atom stereocenters. The number of ether oxygens (including phenoxy) is 1. The molecule has 0 radical (unpaired) electrons. The molecule has 0 bridgehead atoms. The van der Waals surface area contributed by atoms with Gasteiger partial charge < -0.3 is 19.9 Å². The van der Waals surface area contributed by atoms with Crippen molar-refractivity contribution in [2.45, 2.75) is 57.3 Å². The molecule has 2 aromatic rings. The van der Waals surface area contributed by atoms with Gasteiger partial charge in [-0.3, -0.25) is 9.59 Å². The van der Waals surface area contributed by atoms with Crippen LogP contribution in [-0.2, 0) is 15.7 Å². The number of nitrogens with one attached hydrogen (secondary N) is 2. The van der Waals surface area contributed by atoms with Crippen molar-refractivity contribution < 1.29 is 31.5 Å². The number of anilines is 2. The van der Waals surface area contributed by atoms with Gasteiger partial charge in [0.05, 0.1) is 24.1 Å². The number of hydrogen-bond acceptors (Lipinski definition) is 8. The molecule has 0 unspecified atom stereocenters. The molecule has 0 aliphatic carbocycles. The molecule has 4 rings (SSSR count). The minimum absolute atomic E-state index is 0.156. The van der Waals surface area contributed by atoms with Crippen molar-refractivity contribution in [3.8, 4) is 0 Å². The maximum absolute atomic E-state index is 12.6. The predicted octanol–water partition coefficient (Wildman–Crippen LogP) is 3.24. The Labute approximate surface area is 215 Å². The van der Waals surface area contributed by atoms with Crippen molar-refractivity contribution in [1.82, 2.24) is 25.1 Å². The van der Waals surface area contributed by atoms with E-state index in [1.54, 1.807) is 12.0 Å². The van der Waals surface area contributed by atoms with E-state index in [9.17, 15) is 31.5 Å².